The molecule has 1 aliphatic rings. The van der Waals surface area contributed by atoms with Crippen molar-refractivity contribution in [1.82, 2.24) is 9.78 Å². The first-order valence-electron chi connectivity index (χ1n) is 10.8. The Kier molecular flexibility index (Phi) is 5.80. The number of amides is 1. The fourth-order valence-electron chi connectivity index (χ4n) is 4.13. The number of nitrogens with zero attached hydrogens (tertiary/aromatic N) is 3. The van der Waals surface area contributed by atoms with E-state index in [1.165, 1.54) is 12.1 Å². The van der Waals surface area contributed by atoms with Gasteiger partial charge >= 0.3 is 0 Å². The monoisotopic (exact) mass is 485 g/mol. The number of nitro benzene ring substituents is 1. The standard InChI is InChI=1S/C26H20ClN5O3/c1-16-24(26(33)29-20-11-9-19(27)10-12-20)25(18-7-13-21(14-8-18)32(34)35)31-23(28-16)15-22(30-31)17-5-3-2-4-6-17/h2-15,25,28H,1H3,(H,29,33)/t25-/m0/s1. The van der Waals surface area contributed by atoms with Gasteiger partial charge in [-0.15, -0.1) is 0 Å². The van der Waals surface area contributed by atoms with E-state index in [2.05, 4.69) is 10.6 Å². The highest BCUT2D eigenvalue weighted by Gasteiger charge is 2.34. The second-order valence-electron chi connectivity index (χ2n) is 8.10. The summed E-state index contributed by atoms with van der Waals surface area (Å²) in [4.78, 5) is 24.3. The Balaban J connectivity index is 1.59. The van der Waals surface area contributed by atoms with Crippen LogP contribution < -0.4 is 10.6 Å². The van der Waals surface area contributed by atoms with Gasteiger partial charge in [0, 0.05) is 40.2 Å². The lowest BCUT2D eigenvalue weighted by molar-refractivity contribution is -0.384. The van der Waals surface area contributed by atoms with Gasteiger partial charge in [0.2, 0.25) is 0 Å². The number of allylic oxidation sites excluding steroid dienone is 1. The molecule has 2 N–H and O–H groups in total. The van der Waals surface area contributed by atoms with Crippen molar-refractivity contribution in [3.63, 3.8) is 0 Å². The molecule has 9 heteroatoms. The number of carbonyl (C=O) groups is 1. The van der Waals surface area contributed by atoms with Gasteiger partial charge in [-0.05, 0) is 48.9 Å². The van der Waals surface area contributed by atoms with Gasteiger partial charge in [-0.3, -0.25) is 14.9 Å². The normalized spacial score (nSPS) is 14.7. The van der Waals surface area contributed by atoms with E-state index >= 15 is 0 Å². The van der Waals surface area contributed by atoms with Gasteiger partial charge in [-0.1, -0.05) is 41.9 Å². The largest absolute Gasteiger partial charge is 0.344 e. The van der Waals surface area contributed by atoms with Gasteiger partial charge in [0.15, 0.2) is 0 Å². The molecule has 4 aromatic rings. The van der Waals surface area contributed by atoms with Crippen LogP contribution >= 0.6 is 11.6 Å². The van der Waals surface area contributed by atoms with Crippen LogP contribution in [-0.4, -0.2) is 20.6 Å². The average Bonchev–Trinajstić information content (AvgIpc) is 3.29. The number of nitrogens with one attached hydrogen (secondary N) is 2. The van der Waals surface area contributed by atoms with Crippen molar-refractivity contribution in [3.05, 3.63) is 117 Å². The van der Waals surface area contributed by atoms with Crippen molar-refractivity contribution in [2.45, 2.75) is 13.0 Å². The molecule has 1 amide bonds. The van der Waals surface area contributed by atoms with Gasteiger partial charge < -0.3 is 10.6 Å². The Morgan fingerprint density at radius 1 is 1.06 bits per heavy atom. The molecule has 35 heavy (non-hydrogen) atoms. The number of aromatic nitrogens is 2. The van der Waals surface area contributed by atoms with Crippen LogP contribution in [-0.2, 0) is 4.79 Å². The minimum atomic E-state index is -0.600. The molecular weight excluding hydrogens is 466 g/mol. The molecule has 5 rings (SSSR count). The number of nitro groups is 1. The first kappa shape index (κ1) is 22.4. The third-order valence-electron chi connectivity index (χ3n) is 5.81. The minimum absolute atomic E-state index is 0.0267. The predicted molar refractivity (Wildman–Crippen MR) is 135 cm³/mol. The number of benzene rings is 3. The lowest BCUT2D eigenvalue weighted by Crippen LogP contribution is -2.31. The summed E-state index contributed by atoms with van der Waals surface area (Å²) >= 11 is 5.98. The second kappa shape index (κ2) is 9.08. The molecule has 8 nitrogen and oxygen atoms in total. The van der Waals surface area contributed by atoms with E-state index in [-0.39, 0.29) is 11.6 Å². The summed E-state index contributed by atoms with van der Waals surface area (Å²) in [6, 6.07) is 24.1. The maximum absolute atomic E-state index is 13.5. The zero-order valence-electron chi connectivity index (χ0n) is 18.6. The molecule has 0 fully saturated rings. The predicted octanol–water partition coefficient (Wildman–Crippen LogP) is 6.04. The number of rotatable bonds is 5. The van der Waals surface area contributed by atoms with E-state index in [0.29, 0.717) is 33.4 Å². The summed E-state index contributed by atoms with van der Waals surface area (Å²) in [5, 5.41) is 22.8. The number of non-ortho nitro benzene ring substituents is 1. The van der Waals surface area contributed by atoms with Gasteiger partial charge in [0.05, 0.1) is 16.2 Å². The average molecular weight is 486 g/mol. The van der Waals surface area contributed by atoms with Crippen LogP contribution in [0.5, 0.6) is 0 Å². The van der Waals surface area contributed by atoms with Crippen LogP contribution in [0.3, 0.4) is 0 Å². The first-order valence-corrected chi connectivity index (χ1v) is 11.2. The van der Waals surface area contributed by atoms with Gasteiger partial charge in [0.1, 0.15) is 11.9 Å². The van der Waals surface area contributed by atoms with Crippen molar-refractivity contribution in [2.24, 2.45) is 0 Å². The van der Waals surface area contributed by atoms with E-state index in [9.17, 15) is 14.9 Å². The van der Waals surface area contributed by atoms with Gasteiger partial charge in [0.25, 0.3) is 11.6 Å². The van der Waals surface area contributed by atoms with Crippen LogP contribution in [0, 0.1) is 10.1 Å². The van der Waals surface area contributed by atoms with Crippen molar-refractivity contribution >= 4 is 34.7 Å². The van der Waals surface area contributed by atoms with E-state index in [4.69, 9.17) is 16.7 Å². The molecule has 0 aliphatic carbocycles. The molecule has 3 aromatic carbocycles. The Hall–Kier alpha value is -4.43. The Morgan fingerprint density at radius 3 is 2.40 bits per heavy atom. The van der Waals surface area contributed by atoms with E-state index in [1.54, 1.807) is 41.1 Å². The molecule has 2 heterocycles. The molecule has 1 aliphatic heterocycles. The summed E-state index contributed by atoms with van der Waals surface area (Å²) in [7, 11) is 0. The Labute approximate surface area is 206 Å². The van der Waals surface area contributed by atoms with Gasteiger partial charge in [-0.2, -0.15) is 5.10 Å². The van der Waals surface area contributed by atoms with Crippen LogP contribution in [0.4, 0.5) is 17.2 Å². The maximum Gasteiger partial charge on any atom is 0.269 e. The lowest BCUT2D eigenvalue weighted by Gasteiger charge is -2.29. The van der Waals surface area contributed by atoms with Crippen molar-refractivity contribution in [2.75, 3.05) is 10.6 Å². The lowest BCUT2D eigenvalue weighted by atomic mass is 9.94. The smallest absolute Gasteiger partial charge is 0.269 e. The SMILES string of the molecule is CC1=C(C(=O)Nc2ccc(Cl)cc2)[C@H](c2ccc([N+](=O)[O-])cc2)n2nc(-c3ccccc3)cc2N1. The van der Waals surface area contributed by atoms with E-state index < -0.39 is 11.0 Å². The van der Waals surface area contributed by atoms with Crippen molar-refractivity contribution in [1.29, 1.82) is 0 Å². The molecule has 1 aromatic heterocycles. The van der Waals surface area contributed by atoms with Crippen molar-refractivity contribution < 1.29 is 9.72 Å². The number of hydrogen-bond acceptors (Lipinski definition) is 5. The zero-order chi connectivity index (χ0) is 24.5. The molecule has 1 atom stereocenters. The summed E-state index contributed by atoms with van der Waals surface area (Å²) < 4.78 is 1.74. The fraction of sp³-hybridized carbons (Fsp3) is 0.0769. The third-order valence-corrected chi connectivity index (χ3v) is 6.06. The molecule has 0 saturated heterocycles. The zero-order valence-corrected chi connectivity index (χ0v) is 19.4. The highest BCUT2D eigenvalue weighted by molar-refractivity contribution is 6.30. The van der Waals surface area contributed by atoms with E-state index in [0.717, 1.165) is 11.3 Å². The first-order chi connectivity index (χ1) is 16.9. The molecule has 0 saturated carbocycles. The van der Waals surface area contributed by atoms with Gasteiger partial charge in [-0.25, -0.2) is 4.68 Å². The van der Waals surface area contributed by atoms with Crippen molar-refractivity contribution in [3.8, 4) is 11.3 Å². The molecule has 0 bridgehead atoms. The number of fused-ring (bicyclic) bond motifs is 1. The molecule has 0 radical (unpaired) electrons. The topological polar surface area (TPSA) is 102 Å². The molecule has 0 unspecified atom stereocenters. The van der Waals surface area contributed by atoms with Crippen LogP contribution in [0.25, 0.3) is 11.3 Å². The quantitative estimate of drug-likeness (QED) is 0.265. The number of anilines is 2. The number of halogens is 1. The number of carbonyl (C=O) groups excluding carboxylic acids is 1. The summed E-state index contributed by atoms with van der Waals surface area (Å²) in [5.41, 5.74) is 4.05. The fourth-order valence-corrected chi connectivity index (χ4v) is 4.26. The van der Waals surface area contributed by atoms with E-state index in [1.807, 2.05) is 43.3 Å². The summed E-state index contributed by atoms with van der Waals surface area (Å²) in [5.74, 6) is 0.399. The van der Waals surface area contributed by atoms with Crippen LogP contribution in [0.1, 0.15) is 18.5 Å². The highest BCUT2D eigenvalue weighted by Crippen LogP contribution is 2.38. The minimum Gasteiger partial charge on any atom is -0.344 e. The summed E-state index contributed by atoms with van der Waals surface area (Å²) in [6.07, 6.45) is 0. The maximum atomic E-state index is 13.5. The molecule has 174 valence electrons. The van der Waals surface area contributed by atoms with Crippen LogP contribution in [0.2, 0.25) is 5.02 Å². The Bertz CT molecular complexity index is 1440. The third kappa shape index (κ3) is 4.39. The Morgan fingerprint density at radius 2 is 1.74 bits per heavy atom. The molecule has 0 spiro atoms. The number of hydrogen-bond donors (Lipinski definition) is 2. The van der Waals surface area contributed by atoms with Crippen LogP contribution in [0.15, 0.2) is 96.2 Å². The second-order valence-corrected chi connectivity index (χ2v) is 8.54. The molecular formula is C26H20ClN5O3. The summed E-state index contributed by atoms with van der Waals surface area (Å²) in [6.45, 7) is 1.83. The highest BCUT2D eigenvalue weighted by atomic mass is 35.5.